The molecular formula is C56H72N10O12S3. The molecule has 7 rings (SSSR count). The number of unbranched alkanes of at least 4 members (excludes halogenated alkanes) is 3. The molecule has 0 bridgehead atoms. The number of amides is 5. The number of nitro benzene ring substituents is 1. The van der Waals surface area contributed by atoms with Gasteiger partial charge in [-0.3, -0.25) is 29.3 Å². The number of sulfone groups is 1. The molecule has 6 atom stereocenters. The van der Waals surface area contributed by atoms with Crippen molar-refractivity contribution < 1.29 is 50.8 Å². The Morgan fingerprint density at radius 3 is 2.10 bits per heavy atom. The van der Waals surface area contributed by atoms with Gasteiger partial charge in [-0.25, -0.2) is 26.3 Å². The molecule has 5 amide bonds. The lowest BCUT2D eigenvalue weighted by molar-refractivity contribution is -0.384. The summed E-state index contributed by atoms with van der Waals surface area (Å²) >= 11 is 1.87. The third-order valence-electron chi connectivity index (χ3n) is 13.6. The van der Waals surface area contributed by atoms with E-state index in [1.54, 1.807) is 79.9 Å². The summed E-state index contributed by atoms with van der Waals surface area (Å²) in [6, 6.07) is 27.3. The standard InChI is InChI=1S/C49H65N9O8S2.C7H7NO4S/c1-33(2)29-57(68(65,66)39-17-9-5-10-18-39)31-42(59)34(3)58-30-38(55-56-58)28-51-48(63)40(27-35-22-24-37(25-23-35)47(62)36-15-7-4-8-16-36)52-45(61)21-11-6-14-26-50-44(60)20-13-12-19-43-46-41(32-67-43)53-49(64)54-46;1-13(11,12)7-4-2-6(3-5-7)8(9)10/h4-5,7-10,15-18,22-25,30,33-34,40-43,46,59H,6,11-14,19-21,26-29,31-32H2,1-3H3,(H,50,60)(H,51,63)(H,52,61)(H2,53,54,64);2-5H,1H3/t34-,40-,41-,42?,43-,46-;/m0./s1. The van der Waals surface area contributed by atoms with Gasteiger partial charge in [-0.2, -0.15) is 16.1 Å². The molecule has 2 fully saturated rings. The highest BCUT2D eigenvalue weighted by Gasteiger charge is 2.42. The second kappa shape index (κ2) is 30.1. The number of rotatable bonds is 29. The molecule has 22 nitrogen and oxygen atoms in total. The van der Waals surface area contributed by atoms with Gasteiger partial charge in [-0.1, -0.05) is 105 Å². The molecule has 0 spiro atoms. The van der Waals surface area contributed by atoms with E-state index >= 15 is 0 Å². The molecule has 25 heteroatoms. The number of hydrogen-bond acceptors (Lipinski definition) is 15. The fraction of sp³-hybridized carbons (Fsp3) is 0.446. The van der Waals surface area contributed by atoms with Gasteiger partial charge in [0, 0.05) is 79.4 Å². The van der Waals surface area contributed by atoms with Crippen LogP contribution < -0.4 is 26.6 Å². The van der Waals surface area contributed by atoms with Gasteiger partial charge in [0.2, 0.25) is 27.7 Å². The van der Waals surface area contributed by atoms with Crippen LogP contribution in [0.4, 0.5) is 10.5 Å². The van der Waals surface area contributed by atoms with Crippen molar-refractivity contribution >= 4 is 66.8 Å². The Morgan fingerprint density at radius 1 is 0.802 bits per heavy atom. The molecule has 4 aromatic carbocycles. The highest BCUT2D eigenvalue weighted by molar-refractivity contribution is 8.00. The molecule has 2 aliphatic rings. The molecule has 2 saturated heterocycles. The number of aliphatic hydroxyl groups is 1. The molecule has 3 heterocycles. The van der Waals surface area contributed by atoms with Crippen LogP contribution in [0, 0.1) is 16.0 Å². The van der Waals surface area contributed by atoms with E-state index in [9.17, 15) is 56.0 Å². The first-order chi connectivity index (χ1) is 38.6. The number of nitrogens with zero attached hydrogens (tertiary/aromatic N) is 5. The number of benzene rings is 4. The monoisotopic (exact) mass is 1170 g/mol. The molecule has 436 valence electrons. The first-order valence-electron chi connectivity index (χ1n) is 26.9. The number of sulfonamides is 1. The summed E-state index contributed by atoms with van der Waals surface area (Å²) < 4.78 is 51.6. The van der Waals surface area contributed by atoms with Gasteiger partial charge in [0.1, 0.15) is 11.7 Å². The molecule has 5 aromatic rings. The molecule has 0 radical (unpaired) electrons. The van der Waals surface area contributed by atoms with Crippen LogP contribution in [0.2, 0.25) is 0 Å². The van der Waals surface area contributed by atoms with Crippen molar-refractivity contribution in [1.29, 1.82) is 0 Å². The largest absolute Gasteiger partial charge is 0.390 e. The second-order valence-corrected chi connectivity index (χ2v) is 25.7. The molecule has 1 unspecified atom stereocenters. The number of urea groups is 1. The lowest BCUT2D eigenvalue weighted by Crippen LogP contribution is -2.47. The van der Waals surface area contributed by atoms with E-state index in [4.69, 9.17) is 0 Å². The van der Waals surface area contributed by atoms with E-state index in [0.717, 1.165) is 49.0 Å². The van der Waals surface area contributed by atoms with Crippen LogP contribution in [0.25, 0.3) is 0 Å². The summed E-state index contributed by atoms with van der Waals surface area (Å²) in [5.74, 6) is 0.0101. The van der Waals surface area contributed by atoms with Crippen molar-refractivity contribution in [2.45, 2.75) is 130 Å². The topological polar surface area (TPSA) is 311 Å². The first kappa shape index (κ1) is 63.1. The molecule has 2 aliphatic heterocycles. The number of non-ortho nitro benzene ring substituents is 1. The lowest BCUT2D eigenvalue weighted by atomic mass is 9.99. The Kier molecular flexibility index (Phi) is 23.5. The minimum atomic E-state index is -3.88. The van der Waals surface area contributed by atoms with Crippen LogP contribution >= 0.6 is 11.8 Å². The zero-order valence-corrected chi connectivity index (χ0v) is 48.3. The Labute approximate surface area is 477 Å². The van der Waals surface area contributed by atoms with E-state index < -0.39 is 48.9 Å². The van der Waals surface area contributed by atoms with Crippen molar-refractivity contribution in [2.24, 2.45) is 5.92 Å². The fourth-order valence-corrected chi connectivity index (χ4v) is 12.9. The van der Waals surface area contributed by atoms with Crippen molar-refractivity contribution in [3.63, 3.8) is 0 Å². The number of ketones is 1. The zero-order valence-electron chi connectivity index (χ0n) is 45.8. The average molecular weight is 1170 g/mol. The zero-order chi connectivity index (χ0) is 58.7. The van der Waals surface area contributed by atoms with Crippen LogP contribution in [-0.2, 0) is 47.2 Å². The molecule has 81 heavy (non-hydrogen) atoms. The van der Waals surface area contributed by atoms with Crippen LogP contribution in [0.1, 0.15) is 105 Å². The normalized spacial score (nSPS) is 16.9. The summed E-state index contributed by atoms with van der Waals surface area (Å²) in [5.41, 5.74) is 2.04. The Hall–Kier alpha value is -7.06. The molecule has 0 aliphatic carbocycles. The maximum absolute atomic E-state index is 13.8. The van der Waals surface area contributed by atoms with Crippen LogP contribution in [0.15, 0.2) is 125 Å². The van der Waals surface area contributed by atoms with Crippen molar-refractivity contribution in [2.75, 3.05) is 31.6 Å². The lowest BCUT2D eigenvalue weighted by Gasteiger charge is -2.28. The Balaban J connectivity index is 0.000000713. The van der Waals surface area contributed by atoms with Gasteiger partial charge in [-0.15, -0.1) is 5.10 Å². The maximum Gasteiger partial charge on any atom is 0.315 e. The maximum atomic E-state index is 13.8. The predicted octanol–water partition coefficient (Wildman–Crippen LogP) is 5.52. The predicted molar refractivity (Wildman–Crippen MR) is 306 cm³/mol. The fourth-order valence-electron chi connectivity index (χ4n) is 9.10. The van der Waals surface area contributed by atoms with E-state index in [1.165, 1.54) is 33.3 Å². The van der Waals surface area contributed by atoms with E-state index in [1.807, 2.05) is 31.7 Å². The van der Waals surface area contributed by atoms with Gasteiger partial charge in [-0.05, 0) is 68.4 Å². The third kappa shape index (κ3) is 19.3. The number of aromatic nitrogens is 3. The van der Waals surface area contributed by atoms with E-state index in [0.29, 0.717) is 54.3 Å². The summed E-state index contributed by atoms with van der Waals surface area (Å²) in [4.78, 5) is 74.0. The summed E-state index contributed by atoms with van der Waals surface area (Å²) in [6.07, 6.45) is 6.84. The summed E-state index contributed by atoms with van der Waals surface area (Å²) in [6.45, 7) is 6.01. The van der Waals surface area contributed by atoms with Gasteiger partial charge >= 0.3 is 6.03 Å². The minimum absolute atomic E-state index is 0.000124. The number of carbonyl (C=O) groups is 5. The molecular weight excluding hydrogens is 1100 g/mol. The van der Waals surface area contributed by atoms with Crippen molar-refractivity contribution in [3.8, 4) is 0 Å². The number of carbonyl (C=O) groups excluding carboxylic acids is 5. The van der Waals surface area contributed by atoms with Gasteiger partial charge in [0.05, 0.1) is 51.7 Å². The van der Waals surface area contributed by atoms with Gasteiger partial charge in [0.25, 0.3) is 5.69 Å². The van der Waals surface area contributed by atoms with Crippen LogP contribution in [0.5, 0.6) is 0 Å². The average Bonchev–Trinajstić information content (AvgIpc) is 4.25. The smallest absolute Gasteiger partial charge is 0.315 e. The number of fused-ring (bicyclic) bond motifs is 1. The number of aliphatic hydroxyl groups excluding tert-OH is 1. The molecule has 1 aromatic heterocycles. The molecule has 0 saturated carbocycles. The van der Waals surface area contributed by atoms with Crippen molar-refractivity contribution in [3.05, 3.63) is 148 Å². The van der Waals surface area contributed by atoms with Crippen molar-refractivity contribution in [1.82, 2.24) is 45.9 Å². The minimum Gasteiger partial charge on any atom is -0.390 e. The van der Waals surface area contributed by atoms with Gasteiger partial charge in [0.15, 0.2) is 15.6 Å². The highest BCUT2D eigenvalue weighted by atomic mass is 32.2. The van der Waals surface area contributed by atoms with E-state index in [-0.39, 0.29) is 89.6 Å². The number of nitro groups is 1. The third-order valence-corrected chi connectivity index (χ3v) is 18.1. The summed E-state index contributed by atoms with van der Waals surface area (Å²) in [5, 5.41) is 44.9. The highest BCUT2D eigenvalue weighted by Crippen LogP contribution is 2.33. The quantitative estimate of drug-likeness (QED) is 0.0113. The first-order valence-corrected chi connectivity index (χ1v) is 31.3. The van der Waals surface area contributed by atoms with E-state index in [2.05, 4.69) is 36.9 Å². The summed E-state index contributed by atoms with van der Waals surface area (Å²) in [7, 11) is -7.15. The SMILES string of the molecule is CC(C)CN(CC(O)[C@H](C)n1cc(CNC(=O)[C@H](Cc2ccc(C(=O)c3ccccc3)cc2)NC(=O)CCCCCNC(=O)CCCC[C@@H]2SC[C@@H]3NC(=O)N[C@@H]32)nn1)S(=O)(=O)c1ccccc1.CS(=O)(=O)c1ccc([N+](=O)[O-])cc1. The van der Waals surface area contributed by atoms with Crippen LogP contribution in [0.3, 0.4) is 0 Å². The number of thioether (sulfide) groups is 1. The van der Waals surface area contributed by atoms with Gasteiger partial charge < -0.3 is 31.7 Å². The Bertz CT molecular complexity index is 3130. The Morgan fingerprint density at radius 2 is 1.44 bits per heavy atom. The molecule has 6 N–H and O–H groups in total. The second-order valence-electron chi connectivity index (χ2n) is 20.5. The van der Waals surface area contributed by atoms with Crippen LogP contribution in [-0.4, -0.2) is 137 Å². The number of hydrogen-bond donors (Lipinski definition) is 6. The number of nitrogens with one attached hydrogen (secondary N) is 5.